The number of hydrogen-bond acceptors (Lipinski definition) is 5. The summed E-state index contributed by atoms with van der Waals surface area (Å²) in [5.41, 5.74) is 6.72. The smallest absolute Gasteiger partial charge is 0.237 e. The number of ether oxygens (including phenoxy) is 1. The fraction of sp³-hybridized carbons (Fsp3) is 0.294. The second kappa shape index (κ2) is 9.17. The molecule has 0 fully saturated rings. The Morgan fingerprint density at radius 1 is 1.30 bits per heavy atom. The first-order chi connectivity index (χ1) is 11.2. The molecule has 5 nitrogen and oxygen atoms in total. The minimum atomic E-state index is -0.462. The van der Waals surface area contributed by atoms with Crippen LogP contribution in [-0.2, 0) is 11.3 Å². The second-order valence-electron chi connectivity index (χ2n) is 5.03. The van der Waals surface area contributed by atoms with E-state index < -0.39 is 6.04 Å². The van der Waals surface area contributed by atoms with Gasteiger partial charge in [-0.15, -0.1) is 0 Å². The van der Waals surface area contributed by atoms with E-state index in [2.05, 4.69) is 10.3 Å². The number of aromatic nitrogens is 1. The largest absolute Gasteiger partial charge is 0.439 e. The molecule has 6 heteroatoms. The van der Waals surface area contributed by atoms with Crippen LogP contribution >= 0.6 is 11.8 Å². The summed E-state index contributed by atoms with van der Waals surface area (Å²) in [7, 11) is 0. The molecular formula is C17H21N3O2S. The molecule has 2 aromatic rings. The highest BCUT2D eigenvalue weighted by atomic mass is 32.2. The van der Waals surface area contributed by atoms with Crippen LogP contribution in [0.3, 0.4) is 0 Å². The van der Waals surface area contributed by atoms with Crippen molar-refractivity contribution in [1.82, 2.24) is 10.3 Å². The molecule has 1 amide bonds. The lowest BCUT2D eigenvalue weighted by atomic mass is 10.2. The Labute approximate surface area is 140 Å². The van der Waals surface area contributed by atoms with E-state index >= 15 is 0 Å². The summed E-state index contributed by atoms with van der Waals surface area (Å²) in [5.74, 6) is 1.99. The molecule has 3 N–H and O–H groups in total. The van der Waals surface area contributed by atoms with Gasteiger partial charge in [0.05, 0.1) is 6.04 Å². The van der Waals surface area contributed by atoms with Gasteiger partial charge >= 0.3 is 0 Å². The van der Waals surface area contributed by atoms with Crippen LogP contribution in [0.25, 0.3) is 0 Å². The third-order valence-electron chi connectivity index (χ3n) is 3.20. The van der Waals surface area contributed by atoms with Crippen molar-refractivity contribution in [1.29, 1.82) is 0 Å². The van der Waals surface area contributed by atoms with Crippen molar-refractivity contribution in [2.24, 2.45) is 5.73 Å². The SMILES string of the molecule is CSCC[C@H](N)C(=O)NCc1ccc(Oc2ccccc2)nc1. The molecule has 0 aliphatic rings. The maximum atomic E-state index is 11.8. The fourth-order valence-electron chi connectivity index (χ4n) is 1.88. The first-order valence-corrected chi connectivity index (χ1v) is 8.78. The van der Waals surface area contributed by atoms with Crippen molar-refractivity contribution in [3.05, 3.63) is 54.2 Å². The fourth-order valence-corrected chi connectivity index (χ4v) is 2.37. The van der Waals surface area contributed by atoms with Crippen LogP contribution in [0.15, 0.2) is 48.7 Å². The molecule has 0 bridgehead atoms. The molecule has 23 heavy (non-hydrogen) atoms. The molecule has 0 spiro atoms. The number of benzene rings is 1. The first-order valence-electron chi connectivity index (χ1n) is 7.39. The molecule has 0 unspecified atom stereocenters. The standard InChI is InChI=1S/C17H21N3O2S/c1-23-10-9-15(18)17(21)20-12-13-7-8-16(19-11-13)22-14-5-3-2-4-6-14/h2-8,11,15H,9-10,12,18H2,1H3,(H,20,21)/t15-/m0/s1. The predicted molar refractivity (Wildman–Crippen MR) is 93.6 cm³/mol. The number of nitrogens with two attached hydrogens (primary N) is 1. The van der Waals surface area contributed by atoms with Gasteiger partial charge < -0.3 is 15.8 Å². The molecule has 1 heterocycles. The molecule has 122 valence electrons. The number of pyridine rings is 1. The molecule has 1 atom stereocenters. The average molecular weight is 331 g/mol. The van der Waals surface area contributed by atoms with Gasteiger partial charge in [0, 0.05) is 18.8 Å². The molecule has 0 radical (unpaired) electrons. The Balaban J connectivity index is 1.82. The Kier molecular flexibility index (Phi) is 6.90. The number of thioether (sulfide) groups is 1. The molecule has 2 rings (SSSR count). The number of hydrogen-bond donors (Lipinski definition) is 2. The number of para-hydroxylation sites is 1. The third-order valence-corrected chi connectivity index (χ3v) is 3.84. The zero-order valence-electron chi connectivity index (χ0n) is 13.1. The van der Waals surface area contributed by atoms with E-state index in [-0.39, 0.29) is 5.91 Å². The van der Waals surface area contributed by atoms with Gasteiger partial charge in [-0.2, -0.15) is 11.8 Å². The summed E-state index contributed by atoms with van der Waals surface area (Å²) < 4.78 is 5.62. The zero-order valence-corrected chi connectivity index (χ0v) is 13.9. The van der Waals surface area contributed by atoms with Gasteiger partial charge in [0.1, 0.15) is 5.75 Å². The van der Waals surface area contributed by atoms with Gasteiger partial charge in [-0.25, -0.2) is 4.98 Å². The number of rotatable bonds is 8. The Hall–Kier alpha value is -2.05. The highest BCUT2D eigenvalue weighted by Crippen LogP contribution is 2.18. The molecule has 1 aromatic carbocycles. The van der Waals surface area contributed by atoms with Gasteiger partial charge in [-0.1, -0.05) is 24.3 Å². The van der Waals surface area contributed by atoms with E-state index in [1.807, 2.05) is 42.7 Å². The topological polar surface area (TPSA) is 77.2 Å². The summed E-state index contributed by atoms with van der Waals surface area (Å²) in [4.78, 5) is 16.1. The summed E-state index contributed by atoms with van der Waals surface area (Å²) in [6.45, 7) is 0.407. The molecule has 0 aliphatic heterocycles. The molecule has 1 aromatic heterocycles. The third kappa shape index (κ3) is 5.92. The summed E-state index contributed by atoms with van der Waals surface area (Å²) >= 11 is 1.68. The molecule has 0 aliphatic carbocycles. The highest BCUT2D eigenvalue weighted by Gasteiger charge is 2.12. The van der Waals surface area contributed by atoms with Gasteiger partial charge in [-0.3, -0.25) is 4.79 Å². The van der Waals surface area contributed by atoms with Crippen molar-refractivity contribution in [2.45, 2.75) is 19.0 Å². The van der Waals surface area contributed by atoms with Gasteiger partial charge in [-0.05, 0) is 36.1 Å². The van der Waals surface area contributed by atoms with Crippen molar-refractivity contribution >= 4 is 17.7 Å². The van der Waals surface area contributed by atoms with Crippen LogP contribution in [0, 0.1) is 0 Å². The van der Waals surface area contributed by atoms with E-state index in [0.717, 1.165) is 17.1 Å². The van der Waals surface area contributed by atoms with E-state index in [0.29, 0.717) is 18.8 Å². The lowest BCUT2D eigenvalue weighted by molar-refractivity contribution is -0.122. The van der Waals surface area contributed by atoms with Gasteiger partial charge in [0.2, 0.25) is 11.8 Å². The summed E-state index contributed by atoms with van der Waals surface area (Å²) in [6, 6.07) is 12.7. The van der Waals surface area contributed by atoms with Crippen LogP contribution in [0.1, 0.15) is 12.0 Å². The van der Waals surface area contributed by atoms with Gasteiger partial charge in [0.25, 0.3) is 0 Å². The first kappa shape index (κ1) is 17.3. The number of amides is 1. The highest BCUT2D eigenvalue weighted by molar-refractivity contribution is 7.98. The van der Waals surface area contributed by atoms with Crippen LogP contribution in [-0.4, -0.2) is 28.9 Å². The molecule has 0 saturated carbocycles. The number of carbonyl (C=O) groups excluding carboxylic acids is 1. The van der Waals surface area contributed by atoms with Crippen molar-refractivity contribution < 1.29 is 9.53 Å². The van der Waals surface area contributed by atoms with Crippen LogP contribution in [0.2, 0.25) is 0 Å². The maximum Gasteiger partial charge on any atom is 0.237 e. The van der Waals surface area contributed by atoms with E-state index in [9.17, 15) is 4.79 Å². The van der Waals surface area contributed by atoms with Crippen molar-refractivity contribution in [2.75, 3.05) is 12.0 Å². The molecular weight excluding hydrogens is 310 g/mol. The lowest BCUT2D eigenvalue weighted by Gasteiger charge is -2.11. The van der Waals surface area contributed by atoms with E-state index in [1.165, 1.54) is 0 Å². The van der Waals surface area contributed by atoms with E-state index in [1.54, 1.807) is 24.0 Å². The number of carbonyl (C=O) groups is 1. The zero-order chi connectivity index (χ0) is 16.5. The Morgan fingerprint density at radius 3 is 2.74 bits per heavy atom. The lowest BCUT2D eigenvalue weighted by Crippen LogP contribution is -2.40. The Bertz CT molecular complexity index is 605. The normalized spacial score (nSPS) is 11.7. The van der Waals surface area contributed by atoms with Gasteiger partial charge in [0.15, 0.2) is 0 Å². The van der Waals surface area contributed by atoms with E-state index in [4.69, 9.17) is 10.5 Å². The Morgan fingerprint density at radius 2 is 2.09 bits per heavy atom. The van der Waals surface area contributed by atoms with Crippen LogP contribution in [0.4, 0.5) is 0 Å². The summed E-state index contributed by atoms with van der Waals surface area (Å²) in [6.07, 6.45) is 4.36. The molecule has 0 saturated heterocycles. The average Bonchev–Trinajstić information content (AvgIpc) is 2.59. The summed E-state index contributed by atoms with van der Waals surface area (Å²) in [5, 5.41) is 2.82. The quantitative estimate of drug-likeness (QED) is 0.777. The number of nitrogens with zero attached hydrogens (tertiary/aromatic N) is 1. The minimum absolute atomic E-state index is 0.135. The van der Waals surface area contributed by atoms with Crippen LogP contribution < -0.4 is 15.8 Å². The second-order valence-corrected chi connectivity index (χ2v) is 6.01. The minimum Gasteiger partial charge on any atom is -0.439 e. The van der Waals surface area contributed by atoms with Crippen LogP contribution in [0.5, 0.6) is 11.6 Å². The number of nitrogens with one attached hydrogen (secondary N) is 1. The monoisotopic (exact) mass is 331 g/mol. The predicted octanol–water partition coefficient (Wildman–Crippen LogP) is 2.57. The van der Waals surface area contributed by atoms with Crippen molar-refractivity contribution in [3.63, 3.8) is 0 Å². The van der Waals surface area contributed by atoms with Crippen molar-refractivity contribution in [3.8, 4) is 11.6 Å². The maximum absolute atomic E-state index is 11.8.